The third kappa shape index (κ3) is 4.77. The molecule has 0 aliphatic rings. The van der Waals surface area contributed by atoms with Gasteiger partial charge >= 0.3 is 0 Å². The number of nitrogens with zero attached hydrogens (tertiary/aromatic N) is 1. The minimum absolute atomic E-state index is 0.106. The molecule has 0 fully saturated rings. The van der Waals surface area contributed by atoms with Gasteiger partial charge in [-0.3, -0.25) is 14.9 Å². The van der Waals surface area contributed by atoms with E-state index in [1.807, 2.05) is 0 Å². The first-order valence-electron chi connectivity index (χ1n) is 7.97. The van der Waals surface area contributed by atoms with Crippen molar-refractivity contribution in [3.63, 3.8) is 0 Å². The molecule has 0 heterocycles. The Balaban J connectivity index is 2.17. The van der Waals surface area contributed by atoms with Crippen LogP contribution in [0.15, 0.2) is 41.3 Å². The van der Waals surface area contributed by atoms with Gasteiger partial charge in [-0.25, -0.2) is 8.42 Å². The molecule has 2 aromatic rings. The molecule has 0 radical (unpaired) electrons. The first-order valence-corrected chi connectivity index (χ1v) is 9.83. The minimum atomic E-state index is -4.04. The number of hydrogen-bond acceptors (Lipinski definition) is 6. The largest absolute Gasteiger partial charge is 0.495 e. The van der Waals surface area contributed by atoms with Crippen LogP contribution in [0.2, 0.25) is 5.02 Å². The topological polar surface area (TPSA) is 128 Å². The van der Waals surface area contributed by atoms with Gasteiger partial charge in [0, 0.05) is 6.07 Å². The van der Waals surface area contributed by atoms with Crippen molar-refractivity contribution in [2.75, 3.05) is 12.4 Å². The normalized spacial score (nSPS) is 12.3. The molecule has 28 heavy (non-hydrogen) atoms. The summed E-state index contributed by atoms with van der Waals surface area (Å²) < 4.78 is 32.2. The SMILES string of the molecule is COc1ccc(S(=O)(=O)N[C@H](C)C(=O)Nc2cccc([N+](=O)[O-])c2C)cc1Cl. The zero-order valence-electron chi connectivity index (χ0n) is 15.2. The van der Waals surface area contributed by atoms with E-state index in [0.717, 1.165) is 0 Å². The van der Waals surface area contributed by atoms with Crippen molar-refractivity contribution in [3.05, 3.63) is 57.1 Å². The summed E-state index contributed by atoms with van der Waals surface area (Å²) in [6.45, 7) is 2.84. The fraction of sp³-hybridized carbons (Fsp3) is 0.235. The summed E-state index contributed by atoms with van der Waals surface area (Å²) in [6.07, 6.45) is 0. The number of halogens is 1. The van der Waals surface area contributed by atoms with E-state index in [9.17, 15) is 23.3 Å². The molecule has 11 heteroatoms. The van der Waals surface area contributed by atoms with E-state index < -0.39 is 26.9 Å². The van der Waals surface area contributed by atoms with Crippen LogP contribution in [-0.2, 0) is 14.8 Å². The monoisotopic (exact) mass is 427 g/mol. The van der Waals surface area contributed by atoms with E-state index >= 15 is 0 Å². The number of nitro groups is 1. The van der Waals surface area contributed by atoms with Gasteiger partial charge < -0.3 is 10.1 Å². The summed E-state index contributed by atoms with van der Waals surface area (Å²) in [5.41, 5.74) is 0.328. The lowest BCUT2D eigenvalue weighted by atomic mass is 10.1. The average molecular weight is 428 g/mol. The van der Waals surface area contributed by atoms with Crippen LogP contribution in [0.4, 0.5) is 11.4 Å². The molecule has 0 spiro atoms. The van der Waals surface area contributed by atoms with Crippen LogP contribution < -0.4 is 14.8 Å². The fourth-order valence-corrected chi connectivity index (χ4v) is 3.92. The van der Waals surface area contributed by atoms with Gasteiger partial charge in [0.15, 0.2) is 0 Å². The summed E-state index contributed by atoms with van der Waals surface area (Å²) in [5, 5.41) is 13.6. The predicted octanol–water partition coefficient (Wildman–Crippen LogP) is 2.87. The van der Waals surface area contributed by atoms with E-state index in [-0.39, 0.29) is 26.9 Å². The standard InChI is InChI=1S/C17H18ClN3O6S/c1-10-14(5-4-6-15(10)21(23)24)19-17(22)11(2)20-28(25,26)12-7-8-16(27-3)13(18)9-12/h4-9,11,20H,1-3H3,(H,19,22)/t11-/m1/s1. The van der Waals surface area contributed by atoms with Gasteiger partial charge in [-0.05, 0) is 38.1 Å². The highest BCUT2D eigenvalue weighted by atomic mass is 35.5. The lowest BCUT2D eigenvalue weighted by molar-refractivity contribution is -0.385. The van der Waals surface area contributed by atoms with E-state index in [1.54, 1.807) is 0 Å². The number of carbonyl (C=O) groups excluding carboxylic acids is 1. The molecule has 1 amide bonds. The van der Waals surface area contributed by atoms with Crippen LogP contribution in [0.25, 0.3) is 0 Å². The molecule has 0 bridgehead atoms. The number of ether oxygens (including phenoxy) is 1. The van der Waals surface area contributed by atoms with Gasteiger partial charge in [0.1, 0.15) is 5.75 Å². The maximum absolute atomic E-state index is 12.5. The lowest BCUT2D eigenvalue weighted by Gasteiger charge is -2.16. The highest BCUT2D eigenvalue weighted by Gasteiger charge is 2.24. The fourth-order valence-electron chi connectivity index (χ4n) is 2.37. The van der Waals surface area contributed by atoms with Crippen LogP contribution in [0, 0.1) is 17.0 Å². The Labute approximate surface area is 166 Å². The van der Waals surface area contributed by atoms with Crippen LogP contribution in [0.1, 0.15) is 12.5 Å². The number of rotatable bonds is 7. The molecule has 0 unspecified atom stereocenters. The minimum Gasteiger partial charge on any atom is -0.495 e. The first kappa shape index (κ1) is 21.6. The molecule has 0 aliphatic heterocycles. The second kappa shape index (κ2) is 8.55. The second-order valence-electron chi connectivity index (χ2n) is 5.84. The van der Waals surface area contributed by atoms with Crippen molar-refractivity contribution in [1.82, 2.24) is 4.72 Å². The predicted molar refractivity (Wildman–Crippen MR) is 104 cm³/mol. The average Bonchev–Trinajstić information content (AvgIpc) is 2.62. The number of anilines is 1. The maximum Gasteiger partial charge on any atom is 0.274 e. The van der Waals surface area contributed by atoms with Crippen LogP contribution in [-0.4, -0.2) is 32.4 Å². The summed E-state index contributed by atoms with van der Waals surface area (Å²) in [6, 6.07) is 6.98. The van der Waals surface area contributed by atoms with Gasteiger partial charge in [-0.2, -0.15) is 4.72 Å². The summed E-state index contributed by atoms with van der Waals surface area (Å²) in [4.78, 5) is 22.7. The zero-order valence-corrected chi connectivity index (χ0v) is 16.8. The molecule has 2 rings (SSSR count). The molecule has 150 valence electrons. The molecular formula is C17H18ClN3O6S. The molecule has 9 nitrogen and oxygen atoms in total. The Morgan fingerprint density at radius 1 is 1.29 bits per heavy atom. The summed E-state index contributed by atoms with van der Waals surface area (Å²) in [7, 11) is -2.64. The summed E-state index contributed by atoms with van der Waals surface area (Å²) >= 11 is 5.95. The quantitative estimate of drug-likeness (QED) is 0.516. The third-order valence-corrected chi connectivity index (χ3v) is 5.75. The number of nitrogens with one attached hydrogen (secondary N) is 2. The van der Waals surface area contributed by atoms with Gasteiger partial charge in [0.05, 0.1) is 39.2 Å². The zero-order chi connectivity index (χ0) is 21.1. The van der Waals surface area contributed by atoms with Crippen LogP contribution >= 0.6 is 11.6 Å². The Morgan fingerprint density at radius 2 is 1.96 bits per heavy atom. The molecule has 0 saturated heterocycles. The number of methoxy groups -OCH3 is 1. The smallest absolute Gasteiger partial charge is 0.274 e. The molecule has 0 saturated carbocycles. The Kier molecular flexibility index (Phi) is 6.60. The van der Waals surface area contributed by atoms with Gasteiger partial charge in [0.2, 0.25) is 15.9 Å². The van der Waals surface area contributed by atoms with Gasteiger partial charge in [0.25, 0.3) is 5.69 Å². The Bertz CT molecular complexity index is 1030. The number of sulfonamides is 1. The van der Waals surface area contributed by atoms with E-state index in [4.69, 9.17) is 16.3 Å². The third-order valence-electron chi connectivity index (χ3n) is 3.92. The lowest BCUT2D eigenvalue weighted by Crippen LogP contribution is -2.41. The molecule has 0 aliphatic carbocycles. The number of hydrogen-bond donors (Lipinski definition) is 2. The Morgan fingerprint density at radius 3 is 2.54 bits per heavy atom. The van der Waals surface area contributed by atoms with E-state index in [2.05, 4.69) is 10.0 Å². The van der Waals surface area contributed by atoms with E-state index in [1.165, 1.54) is 57.4 Å². The van der Waals surface area contributed by atoms with E-state index in [0.29, 0.717) is 5.75 Å². The Hall–Kier alpha value is -2.69. The highest BCUT2D eigenvalue weighted by molar-refractivity contribution is 7.89. The van der Waals surface area contributed by atoms with Gasteiger partial charge in [-0.1, -0.05) is 17.7 Å². The van der Waals surface area contributed by atoms with Crippen molar-refractivity contribution in [3.8, 4) is 5.75 Å². The number of amides is 1. The number of benzene rings is 2. The van der Waals surface area contributed by atoms with Crippen molar-refractivity contribution in [1.29, 1.82) is 0 Å². The molecule has 2 aromatic carbocycles. The van der Waals surface area contributed by atoms with Crippen LogP contribution in [0.5, 0.6) is 5.75 Å². The van der Waals surface area contributed by atoms with Crippen molar-refractivity contribution < 1.29 is 22.9 Å². The molecule has 0 aromatic heterocycles. The van der Waals surface area contributed by atoms with Gasteiger partial charge in [-0.15, -0.1) is 0 Å². The molecular weight excluding hydrogens is 410 g/mol. The maximum atomic E-state index is 12.5. The first-order chi connectivity index (χ1) is 13.1. The van der Waals surface area contributed by atoms with Crippen molar-refractivity contribution in [2.45, 2.75) is 24.8 Å². The van der Waals surface area contributed by atoms with Crippen molar-refractivity contribution in [2.24, 2.45) is 0 Å². The number of nitro benzene ring substituents is 1. The van der Waals surface area contributed by atoms with Crippen LogP contribution in [0.3, 0.4) is 0 Å². The molecule has 2 N–H and O–H groups in total. The summed E-state index contributed by atoms with van der Waals surface area (Å²) in [5.74, 6) is -0.362. The highest BCUT2D eigenvalue weighted by Crippen LogP contribution is 2.27. The van der Waals surface area contributed by atoms with Crippen molar-refractivity contribution >= 4 is 38.9 Å². The second-order valence-corrected chi connectivity index (χ2v) is 7.96. The number of carbonyl (C=O) groups is 1. The molecule has 1 atom stereocenters.